The summed E-state index contributed by atoms with van der Waals surface area (Å²) in [6.45, 7) is 0.695. The van der Waals surface area contributed by atoms with E-state index in [1.54, 1.807) is 24.1 Å². The minimum absolute atomic E-state index is 0.483. The first-order valence-corrected chi connectivity index (χ1v) is 5.80. The van der Waals surface area contributed by atoms with E-state index in [2.05, 4.69) is 15.1 Å². The molecule has 0 unspecified atom stereocenters. The number of hydrogen-bond donors (Lipinski definition) is 1. The second-order valence-corrected chi connectivity index (χ2v) is 4.09. The highest BCUT2D eigenvalue weighted by molar-refractivity contribution is 5.60. The average Bonchev–Trinajstić information content (AvgIpc) is 2.76. The van der Waals surface area contributed by atoms with Gasteiger partial charge < -0.3 is 10.5 Å². The van der Waals surface area contributed by atoms with Gasteiger partial charge in [-0.05, 0) is 6.42 Å². The SMILES string of the molecule is COCCCc1nc(N)cc(-c2cnn(C)c2)n1. The predicted molar refractivity (Wildman–Crippen MR) is 68.8 cm³/mol. The van der Waals surface area contributed by atoms with E-state index in [0.29, 0.717) is 12.4 Å². The van der Waals surface area contributed by atoms with Crippen LogP contribution in [-0.4, -0.2) is 33.5 Å². The van der Waals surface area contributed by atoms with Crippen molar-refractivity contribution in [2.24, 2.45) is 7.05 Å². The first kappa shape index (κ1) is 12.5. The smallest absolute Gasteiger partial charge is 0.131 e. The van der Waals surface area contributed by atoms with Crippen molar-refractivity contribution < 1.29 is 4.74 Å². The van der Waals surface area contributed by atoms with Crippen LogP contribution in [0.2, 0.25) is 0 Å². The molecule has 0 aliphatic rings. The third-order valence-electron chi connectivity index (χ3n) is 2.54. The Morgan fingerprint density at radius 1 is 1.39 bits per heavy atom. The van der Waals surface area contributed by atoms with Crippen LogP contribution in [0.4, 0.5) is 5.82 Å². The predicted octanol–water partition coefficient (Wildman–Crippen LogP) is 1.04. The Labute approximate surface area is 106 Å². The lowest BCUT2D eigenvalue weighted by Gasteiger charge is -2.04. The Balaban J connectivity index is 2.21. The number of hydrogen-bond acceptors (Lipinski definition) is 5. The van der Waals surface area contributed by atoms with Gasteiger partial charge in [-0.15, -0.1) is 0 Å². The highest BCUT2D eigenvalue weighted by Gasteiger charge is 2.06. The van der Waals surface area contributed by atoms with Gasteiger partial charge in [0, 0.05) is 45.0 Å². The number of aromatic nitrogens is 4. The average molecular weight is 247 g/mol. The fourth-order valence-electron chi connectivity index (χ4n) is 1.71. The summed E-state index contributed by atoms with van der Waals surface area (Å²) in [7, 11) is 3.55. The number of methoxy groups -OCH3 is 1. The van der Waals surface area contributed by atoms with Crippen molar-refractivity contribution in [3.8, 4) is 11.3 Å². The van der Waals surface area contributed by atoms with Crippen LogP contribution in [0.5, 0.6) is 0 Å². The number of nitrogens with two attached hydrogens (primary N) is 1. The van der Waals surface area contributed by atoms with Gasteiger partial charge in [0.05, 0.1) is 11.9 Å². The van der Waals surface area contributed by atoms with E-state index < -0.39 is 0 Å². The maximum absolute atomic E-state index is 5.80. The van der Waals surface area contributed by atoms with Gasteiger partial charge in [0.15, 0.2) is 0 Å². The number of ether oxygens (including phenoxy) is 1. The van der Waals surface area contributed by atoms with Crippen molar-refractivity contribution in [1.29, 1.82) is 0 Å². The molecule has 0 radical (unpaired) electrons. The summed E-state index contributed by atoms with van der Waals surface area (Å²) in [5, 5.41) is 4.12. The molecule has 6 nitrogen and oxygen atoms in total. The van der Waals surface area contributed by atoms with Crippen molar-refractivity contribution >= 4 is 5.82 Å². The van der Waals surface area contributed by atoms with Gasteiger partial charge in [-0.1, -0.05) is 0 Å². The molecule has 2 N–H and O–H groups in total. The molecule has 0 bridgehead atoms. The van der Waals surface area contributed by atoms with Crippen molar-refractivity contribution in [2.45, 2.75) is 12.8 Å². The van der Waals surface area contributed by atoms with Crippen LogP contribution in [-0.2, 0) is 18.2 Å². The topological polar surface area (TPSA) is 78.9 Å². The lowest BCUT2D eigenvalue weighted by Crippen LogP contribution is -2.03. The van der Waals surface area contributed by atoms with Gasteiger partial charge in [0.25, 0.3) is 0 Å². The number of anilines is 1. The van der Waals surface area contributed by atoms with Gasteiger partial charge in [-0.3, -0.25) is 4.68 Å². The summed E-state index contributed by atoms with van der Waals surface area (Å²) in [6.07, 6.45) is 5.31. The van der Waals surface area contributed by atoms with Gasteiger partial charge in [-0.25, -0.2) is 9.97 Å². The van der Waals surface area contributed by atoms with E-state index in [0.717, 1.165) is 29.9 Å². The van der Waals surface area contributed by atoms with Crippen LogP contribution < -0.4 is 5.73 Å². The van der Waals surface area contributed by atoms with E-state index >= 15 is 0 Å². The van der Waals surface area contributed by atoms with Crippen LogP contribution >= 0.6 is 0 Å². The van der Waals surface area contributed by atoms with Gasteiger partial charge in [0.2, 0.25) is 0 Å². The molecule has 2 aromatic rings. The molecule has 0 amide bonds. The maximum atomic E-state index is 5.80. The normalized spacial score (nSPS) is 10.8. The lowest BCUT2D eigenvalue weighted by atomic mass is 10.2. The van der Waals surface area contributed by atoms with Crippen LogP contribution in [0.15, 0.2) is 18.5 Å². The molecule has 2 rings (SSSR count). The molecule has 0 aliphatic heterocycles. The summed E-state index contributed by atoms with van der Waals surface area (Å²) in [5.74, 6) is 1.22. The molecule has 18 heavy (non-hydrogen) atoms. The minimum Gasteiger partial charge on any atom is -0.385 e. The van der Waals surface area contributed by atoms with E-state index in [4.69, 9.17) is 10.5 Å². The zero-order valence-electron chi connectivity index (χ0n) is 10.6. The minimum atomic E-state index is 0.483. The molecule has 0 fully saturated rings. The van der Waals surface area contributed by atoms with Crippen molar-refractivity contribution in [3.05, 3.63) is 24.3 Å². The standard InChI is InChI=1S/C12H17N5O/c1-17-8-9(7-14-17)10-6-11(13)16-12(15-10)4-3-5-18-2/h6-8H,3-5H2,1-2H3,(H2,13,15,16). The summed E-state index contributed by atoms with van der Waals surface area (Å²) >= 11 is 0. The van der Waals surface area contributed by atoms with E-state index in [1.807, 2.05) is 13.2 Å². The van der Waals surface area contributed by atoms with Crippen LogP contribution in [0.3, 0.4) is 0 Å². The Hall–Kier alpha value is -1.95. The zero-order valence-corrected chi connectivity index (χ0v) is 10.6. The molecule has 0 aromatic carbocycles. The fraction of sp³-hybridized carbons (Fsp3) is 0.417. The van der Waals surface area contributed by atoms with Crippen LogP contribution in [0.1, 0.15) is 12.2 Å². The molecule has 96 valence electrons. The summed E-state index contributed by atoms with van der Waals surface area (Å²) in [4.78, 5) is 8.71. The Bertz CT molecular complexity index is 523. The molecule has 6 heteroatoms. The second kappa shape index (κ2) is 5.59. The molecular weight excluding hydrogens is 230 g/mol. The number of nitrogens with zero attached hydrogens (tertiary/aromatic N) is 4. The summed E-state index contributed by atoms with van der Waals surface area (Å²) in [5.41, 5.74) is 7.55. The monoisotopic (exact) mass is 247 g/mol. The van der Waals surface area contributed by atoms with Crippen LogP contribution in [0, 0.1) is 0 Å². The third kappa shape index (κ3) is 3.04. The zero-order chi connectivity index (χ0) is 13.0. The maximum Gasteiger partial charge on any atom is 0.131 e. The van der Waals surface area contributed by atoms with E-state index in [1.165, 1.54) is 0 Å². The van der Waals surface area contributed by atoms with E-state index in [9.17, 15) is 0 Å². The Morgan fingerprint density at radius 2 is 2.22 bits per heavy atom. The molecule has 2 aromatic heterocycles. The van der Waals surface area contributed by atoms with E-state index in [-0.39, 0.29) is 0 Å². The third-order valence-corrected chi connectivity index (χ3v) is 2.54. The van der Waals surface area contributed by atoms with Crippen molar-refractivity contribution in [2.75, 3.05) is 19.5 Å². The number of nitrogen functional groups attached to an aromatic ring is 1. The highest BCUT2D eigenvalue weighted by Crippen LogP contribution is 2.18. The summed E-state index contributed by atoms with van der Waals surface area (Å²) in [6, 6.07) is 1.76. The largest absolute Gasteiger partial charge is 0.385 e. The molecule has 0 saturated carbocycles. The first-order chi connectivity index (χ1) is 8.69. The first-order valence-electron chi connectivity index (χ1n) is 5.80. The lowest BCUT2D eigenvalue weighted by molar-refractivity contribution is 0.194. The molecule has 2 heterocycles. The van der Waals surface area contributed by atoms with Crippen LogP contribution in [0.25, 0.3) is 11.3 Å². The number of aryl methyl sites for hydroxylation is 2. The van der Waals surface area contributed by atoms with Gasteiger partial charge in [0.1, 0.15) is 11.6 Å². The van der Waals surface area contributed by atoms with Gasteiger partial charge >= 0.3 is 0 Å². The fourth-order valence-corrected chi connectivity index (χ4v) is 1.71. The number of rotatable bonds is 5. The molecule has 0 aliphatic carbocycles. The second-order valence-electron chi connectivity index (χ2n) is 4.09. The van der Waals surface area contributed by atoms with Gasteiger partial charge in [-0.2, -0.15) is 5.10 Å². The summed E-state index contributed by atoms with van der Waals surface area (Å²) < 4.78 is 6.75. The molecule has 0 saturated heterocycles. The molecule has 0 atom stereocenters. The quantitative estimate of drug-likeness (QED) is 0.798. The Kier molecular flexibility index (Phi) is 3.88. The highest BCUT2D eigenvalue weighted by atomic mass is 16.5. The molecular formula is C12H17N5O. The Morgan fingerprint density at radius 3 is 2.89 bits per heavy atom. The van der Waals surface area contributed by atoms with Crippen molar-refractivity contribution in [1.82, 2.24) is 19.7 Å². The van der Waals surface area contributed by atoms with Crippen molar-refractivity contribution in [3.63, 3.8) is 0 Å². The molecule has 0 spiro atoms.